The lowest BCUT2D eigenvalue weighted by Gasteiger charge is -2.26. The van der Waals surface area contributed by atoms with Gasteiger partial charge in [-0.15, -0.1) is 0 Å². The topological polar surface area (TPSA) is 430 Å². The van der Waals surface area contributed by atoms with Crippen molar-refractivity contribution in [3.05, 3.63) is 34.8 Å². The number of aromatic amines is 1. The second kappa shape index (κ2) is 16.5. The fourth-order valence-electron chi connectivity index (χ4n) is 5.93. The summed E-state index contributed by atoms with van der Waals surface area (Å²) in [6.45, 7) is -2.10. The number of aliphatic hydroxyl groups excluding tert-OH is 2. The summed E-state index contributed by atoms with van der Waals surface area (Å²) in [6, 6.07) is 0. The van der Waals surface area contributed by atoms with Gasteiger partial charge in [-0.1, -0.05) is 6.08 Å². The Morgan fingerprint density at radius 2 is 1.53 bits per heavy atom. The Balaban J connectivity index is 1.22. The van der Waals surface area contributed by atoms with Gasteiger partial charge in [0.15, 0.2) is 29.4 Å². The molecule has 0 radical (unpaired) electrons. The molecule has 0 bridgehead atoms. The van der Waals surface area contributed by atoms with Gasteiger partial charge in [0.05, 0.1) is 31.6 Å². The maximum Gasteiger partial charge on any atom is 0.490 e. The van der Waals surface area contributed by atoms with E-state index in [0.29, 0.717) is 12.8 Å². The molecule has 6 heterocycles. The second-order valence-electron chi connectivity index (χ2n) is 12.2. The van der Waals surface area contributed by atoms with E-state index in [2.05, 4.69) is 33.5 Å². The number of aromatic nitrogens is 6. The van der Waals surface area contributed by atoms with Gasteiger partial charge < -0.3 is 60.4 Å². The molecule has 0 aromatic carbocycles. The number of phosphoric ester groups is 2. The summed E-state index contributed by atoms with van der Waals surface area (Å²) in [7, 11) is -21.6. The van der Waals surface area contributed by atoms with Crippen LogP contribution in [0.5, 0.6) is 0 Å². The van der Waals surface area contributed by atoms with Gasteiger partial charge in [0.2, 0.25) is 5.95 Å². The maximum atomic E-state index is 13.5. The van der Waals surface area contributed by atoms with Crippen LogP contribution in [0.15, 0.2) is 28.5 Å². The number of allylic oxidation sites excluding steroid dienone is 1. The van der Waals surface area contributed by atoms with Crippen molar-refractivity contribution in [3.8, 4) is 0 Å². The van der Waals surface area contributed by atoms with Crippen molar-refractivity contribution in [2.24, 2.45) is 10.7 Å². The van der Waals surface area contributed by atoms with Gasteiger partial charge in [-0.2, -0.15) is 13.6 Å². The quantitative estimate of drug-likeness (QED) is 0.0799. The minimum absolute atomic E-state index is 0.122. The van der Waals surface area contributed by atoms with Gasteiger partial charge in [-0.25, -0.2) is 33.2 Å². The largest absolute Gasteiger partial charge is 0.490 e. The third-order valence-electron chi connectivity index (χ3n) is 8.28. The molecule has 33 heteroatoms. The fourth-order valence-corrected chi connectivity index (χ4v) is 9.92. The standard InChI is InChI=1S/C24H35N9O20P4/c1-46-18-17(51-55(40,41)47-6-11-15(34)16(35)22(49-11)33-9-29-14-20(33)30-24(26)31-21(14)36)12(7-48-56(42,43)53-57(44,45)52-54(37,38)39)50-23(18)32-8-28-13-10(25)4-2-3-5-27-19(13)32/h4-5,8-9,11-12,15-18,22-23,34-35H,2-3,6-7,25H2,1H3,(H,40,41)(H,42,43)(H,44,45)(H2,37,38,39)(H3,26,30,31,36)/b10-4+,27-5-/t11-,12-,15-,16-,17-,18-,22-,23-/m1/s1. The van der Waals surface area contributed by atoms with Crippen LogP contribution >= 0.6 is 31.3 Å². The molecule has 2 saturated heterocycles. The summed E-state index contributed by atoms with van der Waals surface area (Å²) in [4.78, 5) is 79.2. The number of nitrogens with zero attached hydrogens (tertiary/aromatic N) is 6. The number of nitrogens with one attached hydrogen (secondary N) is 1. The first-order valence-corrected chi connectivity index (χ1v) is 22.0. The van der Waals surface area contributed by atoms with Crippen LogP contribution in [0.1, 0.15) is 31.0 Å². The first-order valence-electron chi connectivity index (χ1n) is 16.0. The molecule has 3 aliphatic heterocycles. The Morgan fingerprint density at radius 1 is 0.860 bits per heavy atom. The zero-order valence-corrected chi connectivity index (χ0v) is 32.4. The number of nitrogen functional groups attached to an aromatic ring is 1. The van der Waals surface area contributed by atoms with Gasteiger partial charge in [0, 0.05) is 13.3 Å². The number of hydrogen-bond donors (Lipinski definition) is 10. The Bertz CT molecular complexity index is 2290. The number of rotatable bonds is 15. The number of fused-ring (bicyclic) bond motifs is 2. The number of imidazole rings is 2. The molecule has 0 spiro atoms. The number of ether oxygens (including phenoxy) is 3. The first-order chi connectivity index (χ1) is 26.6. The minimum atomic E-state index is -5.94. The van der Waals surface area contributed by atoms with Gasteiger partial charge in [0.25, 0.3) is 5.56 Å². The molecule has 0 amide bonds. The van der Waals surface area contributed by atoms with E-state index in [4.69, 9.17) is 49.0 Å². The van der Waals surface area contributed by atoms with Crippen LogP contribution in [-0.4, -0.2) is 127 Å². The van der Waals surface area contributed by atoms with Crippen molar-refractivity contribution >= 4 is 66.1 Å². The normalized spacial score (nSPS) is 31.4. The lowest BCUT2D eigenvalue weighted by molar-refractivity contribution is -0.0587. The van der Waals surface area contributed by atoms with Crippen molar-refractivity contribution in [3.63, 3.8) is 0 Å². The van der Waals surface area contributed by atoms with E-state index in [1.165, 1.54) is 10.9 Å². The van der Waals surface area contributed by atoms with E-state index in [-0.39, 0.29) is 34.3 Å². The summed E-state index contributed by atoms with van der Waals surface area (Å²) >= 11 is 0. The molecule has 0 saturated carbocycles. The Hall–Kier alpha value is -3.11. The average molecular weight is 893 g/mol. The number of hydrogen-bond acceptors (Lipinski definition) is 21. The van der Waals surface area contributed by atoms with Gasteiger partial charge in [-0.05, 0) is 12.8 Å². The highest BCUT2D eigenvalue weighted by molar-refractivity contribution is 7.66. The highest BCUT2D eigenvalue weighted by atomic mass is 31.3. The molecular weight excluding hydrogens is 858 g/mol. The number of aliphatic imine (C=N–C) groups is 1. The third kappa shape index (κ3) is 9.86. The van der Waals surface area contributed by atoms with Crippen molar-refractivity contribution < 1.29 is 89.3 Å². The SMILES string of the molecule is CO[C@@H]1[C@H](OP(=O)(O)OC[C@H]2O[C@@H](n3cnc4c(=O)[nH]c(N)nc43)[C@H](O)[C@@H]2O)[C@@H](COP(=O)(O)OP(=O)(O)OP(=O)(O)O)O[C@H]1n1cnc2c1/N=C\CC/C=C\2N. The molecule has 316 valence electrons. The van der Waals surface area contributed by atoms with Crippen molar-refractivity contribution in [2.45, 2.75) is 61.9 Å². The molecular formula is C24H35N9O20P4. The fraction of sp³-hybridized carbons (Fsp3) is 0.542. The summed E-state index contributed by atoms with van der Waals surface area (Å²) in [5.41, 5.74) is 11.2. The summed E-state index contributed by atoms with van der Waals surface area (Å²) in [6.07, 6.45) is -6.30. The molecule has 11 atom stereocenters. The van der Waals surface area contributed by atoms with Crippen LogP contribution < -0.4 is 17.0 Å². The van der Waals surface area contributed by atoms with Crippen LogP contribution in [0, 0.1) is 0 Å². The van der Waals surface area contributed by atoms with Crippen molar-refractivity contribution in [2.75, 3.05) is 26.1 Å². The van der Waals surface area contributed by atoms with E-state index in [1.807, 2.05) is 0 Å². The van der Waals surface area contributed by atoms with Crippen LogP contribution in [-0.2, 0) is 54.7 Å². The molecule has 3 aliphatic rings. The molecule has 3 unspecified atom stereocenters. The number of methoxy groups -OCH3 is 1. The van der Waals surface area contributed by atoms with Crippen molar-refractivity contribution in [1.29, 1.82) is 0 Å². The lowest BCUT2D eigenvalue weighted by atomic mass is 10.1. The molecule has 3 aromatic rings. The van der Waals surface area contributed by atoms with Crippen LogP contribution in [0.2, 0.25) is 0 Å². The zero-order chi connectivity index (χ0) is 41.7. The van der Waals surface area contributed by atoms with Crippen molar-refractivity contribution in [1.82, 2.24) is 29.1 Å². The van der Waals surface area contributed by atoms with E-state index in [1.54, 1.807) is 12.3 Å². The molecule has 6 rings (SSSR count). The van der Waals surface area contributed by atoms with E-state index in [9.17, 15) is 47.9 Å². The number of aliphatic hydroxyl groups is 2. The summed E-state index contributed by atoms with van der Waals surface area (Å²) in [5, 5.41) is 21.5. The van der Waals surface area contributed by atoms with E-state index >= 15 is 0 Å². The molecule has 3 aromatic heterocycles. The summed E-state index contributed by atoms with van der Waals surface area (Å²) in [5.74, 6) is -0.166. The Morgan fingerprint density at radius 3 is 2.23 bits per heavy atom. The summed E-state index contributed by atoms with van der Waals surface area (Å²) < 4.78 is 91.3. The van der Waals surface area contributed by atoms with E-state index < -0.39 is 99.1 Å². The molecule has 57 heavy (non-hydrogen) atoms. The number of nitrogens with two attached hydrogens (primary N) is 2. The number of anilines is 1. The van der Waals surface area contributed by atoms with Crippen LogP contribution in [0.25, 0.3) is 16.9 Å². The second-order valence-corrected chi connectivity index (χ2v) is 18.0. The first kappa shape index (κ1) is 43.5. The lowest BCUT2D eigenvalue weighted by Crippen LogP contribution is -2.38. The highest BCUT2D eigenvalue weighted by Gasteiger charge is 2.53. The van der Waals surface area contributed by atoms with E-state index in [0.717, 1.165) is 18.0 Å². The Kier molecular flexibility index (Phi) is 12.6. The third-order valence-corrected chi connectivity index (χ3v) is 13.1. The monoisotopic (exact) mass is 893 g/mol. The van der Waals surface area contributed by atoms with Gasteiger partial charge >= 0.3 is 31.3 Å². The predicted octanol–water partition coefficient (Wildman–Crippen LogP) is -1.23. The number of H-pyrrole nitrogens is 1. The zero-order valence-electron chi connectivity index (χ0n) is 28.8. The average Bonchev–Trinajstić information content (AvgIpc) is 3.84. The van der Waals surface area contributed by atoms with Gasteiger partial charge in [0.1, 0.15) is 42.3 Å². The van der Waals surface area contributed by atoms with Crippen LogP contribution in [0.3, 0.4) is 0 Å². The highest BCUT2D eigenvalue weighted by Crippen LogP contribution is 2.66. The Labute approximate surface area is 317 Å². The number of phosphoric acid groups is 4. The molecule has 12 N–H and O–H groups in total. The minimum Gasteiger partial charge on any atom is -0.397 e. The van der Waals surface area contributed by atoms with Crippen LogP contribution in [0.4, 0.5) is 11.8 Å². The molecule has 2 fully saturated rings. The predicted molar refractivity (Wildman–Crippen MR) is 185 cm³/mol. The molecule has 0 aliphatic carbocycles. The molecule has 29 nitrogen and oxygen atoms in total. The smallest absolute Gasteiger partial charge is 0.397 e. The maximum absolute atomic E-state index is 13.5. The van der Waals surface area contributed by atoms with Gasteiger partial charge in [-0.3, -0.25) is 32.5 Å².